The molecule has 192 valence electrons. The average Bonchev–Trinajstić information content (AvgIpc) is 3.27. The third-order valence-electron chi connectivity index (χ3n) is 6.43. The van der Waals surface area contributed by atoms with Crippen LogP contribution >= 0.6 is 23.2 Å². The number of ketones is 1. The number of esters is 2. The third-order valence-corrected chi connectivity index (χ3v) is 6.93. The molecule has 0 radical (unpaired) electrons. The molecule has 6 nitrogen and oxygen atoms in total. The molecule has 0 aromatic heterocycles. The van der Waals surface area contributed by atoms with Crippen molar-refractivity contribution in [3.8, 4) is 0 Å². The first-order valence-corrected chi connectivity index (χ1v) is 12.7. The number of benzene rings is 3. The van der Waals surface area contributed by atoms with Crippen LogP contribution in [0.25, 0.3) is 0 Å². The van der Waals surface area contributed by atoms with Gasteiger partial charge in [0.2, 0.25) is 5.41 Å². The van der Waals surface area contributed by atoms with Crippen LogP contribution in [0.3, 0.4) is 0 Å². The van der Waals surface area contributed by atoms with Crippen LogP contribution in [0.2, 0.25) is 10.0 Å². The molecular weight excluding hydrogens is 515 g/mol. The predicted octanol–water partition coefficient (Wildman–Crippen LogP) is 6.42. The minimum atomic E-state index is -2.13. The summed E-state index contributed by atoms with van der Waals surface area (Å²) in [5.74, 6) is -3.52. The number of carbonyl (C=O) groups excluding carboxylic acids is 3. The average molecular weight is 541 g/mol. The molecule has 0 amide bonds. The van der Waals surface area contributed by atoms with E-state index in [-0.39, 0.29) is 13.2 Å². The molecule has 1 heterocycles. The van der Waals surface area contributed by atoms with E-state index in [9.17, 15) is 14.4 Å². The number of hydrogen-bond donors (Lipinski definition) is 0. The van der Waals surface area contributed by atoms with Gasteiger partial charge >= 0.3 is 11.9 Å². The number of Topliss-reactive ketones (excluding diaryl/α,β-unsaturated/α-hetero) is 1. The van der Waals surface area contributed by atoms with Gasteiger partial charge in [-0.15, -0.1) is 0 Å². The molecule has 4 rings (SSSR count). The van der Waals surface area contributed by atoms with Crippen molar-refractivity contribution in [3.05, 3.63) is 106 Å². The molecule has 0 N–H and O–H groups in total. The van der Waals surface area contributed by atoms with Crippen molar-refractivity contribution in [1.29, 1.82) is 0 Å². The fourth-order valence-electron chi connectivity index (χ4n) is 4.82. The van der Waals surface area contributed by atoms with Gasteiger partial charge in [0, 0.05) is 15.6 Å². The Bertz CT molecular complexity index is 1240. The van der Waals surface area contributed by atoms with Crippen molar-refractivity contribution in [2.24, 2.45) is 11.3 Å². The second-order valence-corrected chi connectivity index (χ2v) is 9.43. The van der Waals surface area contributed by atoms with E-state index in [1.54, 1.807) is 92.7 Å². The van der Waals surface area contributed by atoms with Gasteiger partial charge in [-0.1, -0.05) is 77.8 Å². The van der Waals surface area contributed by atoms with Gasteiger partial charge in [-0.2, -0.15) is 0 Å². The Morgan fingerprint density at radius 1 is 0.757 bits per heavy atom. The van der Waals surface area contributed by atoms with E-state index in [0.717, 1.165) is 0 Å². The van der Waals surface area contributed by atoms with Gasteiger partial charge in [0.15, 0.2) is 5.78 Å². The topological polar surface area (TPSA) is 78.9 Å². The van der Waals surface area contributed by atoms with Gasteiger partial charge in [0.05, 0.1) is 25.2 Å². The minimum Gasteiger partial charge on any atom is -0.465 e. The van der Waals surface area contributed by atoms with Gasteiger partial charge in [-0.05, 0) is 49.2 Å². The van der Waals surface area contributed by atoms with E-state index in [1.807, 2.05) is 0 Å². The van der Waals surface area contributed by atoms with Crippen LogP contribution < -0.4 is 0 Å². The number of halogens is 2. The summed E-state index contributed by atoms with van der Waals surface area (Å²) < 4.78 is 17.5. The maximum Gasteiger partial charge on any atom is 0.327 e. The van der Waals surface area contributed by atoms with Crippen molar-refractivity contribution in [2.45, 2.75) is 26.1 Å². The summed E-state index contributed by atoms with van der Waals surface area (Å²) in [6.07, 6.45) is -2.18. The molecule has 0 bridgehead atoms. The lowest BCUT2D eigenvalue weighted by Gasteiger charge is -2.33. The maximum atomic E-state index is 14.2. The molecule has 1 aliphatic heterocycles. The highest BCUT2D eigenvalue weighted by Gasteiger charge is 2.70. The van der Waals surface area contributed by atoms with E-state index in [1.165, 1.54) is 0 Å². The number of ether oxygens (including phenoxy) is 3. The van der Waals surface area contributed by atoms with Gasteiger partial charge in [-0.3, -0.25) is 14.4 Å². The van der Waals surface area contributed by atoms with E-state index in [4.69, 9.17) is 37.4 Å². The fraction of sp³-hybridized carbons (Fsp3) is 0.276. The van der Waals surface area contributed by atoms with E-state index >= 15 is 0 Å². The van der Waals surface area contributed by atoms with Crippen molar-refractivity contribution in [3.63, 3.8) is 0 Å². The molecule has 0 aliphatic carbocycles. The first-order valence-electron chi connectivity index (χ1n) is 11.9. The number of rotatable bonds is 8. The number of hydrogen-bond acceptors (Lipinski definition) is 6. The van der Waals surface area contributed by atoms with Crippen molar-refractivity contribution in [2.75, 3.05) is 13.2 Å². The summed E-state index contributed by atoms with van der Waals surface area (Å²) in [7, 11) is 0. The van der Waals surface area contributed by atoms with Gasteiger partial charge in [-0.25, -0.2) is 0 Å². The van der Waals surface area contributed by atoms with Crippen LogP contribution in [0.4, 0.5) is 0 Å². The Balaban J connectivity index is 2.02. The van der Waals surface area contributed by atoms with Crippen molar-refractivity contribution in [1.82, 2.24) is 0 Å². The summed E-state index contributed by atoms with van der Waals surface area (Å²) in [6, 6.07) is 21.8. The molecule has 3 aromatic carbocycles. The largest absolute Gasteiger partial charge is 0.465 e. The molecule has 1 aliphatic rings. The Morgan fingerprint density at radius 3 is 1.73 bits per heavy atom. The lowest BCUT2D eigenvalue weighted by Crippen LogP contribution is -2.51. The highest BCUT2D eigenvalue weighted by atomic mass is 35.5. The molecule has 1 saturated heterocycles. The second-order valence-electron chi connectivity index (χ2n) is 8.56. The van der Waals surface area contributed by atoms with Crippen LogP contribution in [0.5, 0.6) is 0 Å². The fourth-order valence-corrected chi connectivity index (χ4v) is 5.07. The lowest BCUT2D eigenvalue weighted by molar-refractivity contribution is -0.178. The molecule has 1 fully saturated rings. The monoisotopic (exact) mass is 540 g/mol. The lowest BCUT2D eigenvalue weighted by atomic mass is 9.66. The quantitative estimate of drug-likeness (QED) is 0.186. The second kappa shape index (κ2) is 11.5. The van der Waals surface area contributed by atoms with E-state index in [2.05, 4.69) is 0 Å². The molecule has 8 heteroatoms. The molecular formula is C29H26Cl2O6. The smallest absolute Gasteiger partial charge is 0.327 e. The Morgan fingerprint density at radius 2 is 1.24 bits per heavy atom. The first-order chi connectivity index (χ1) is 17.8. The van der Waals surface area contributed by atoms with E-state index < -0.39 is 41.3 Å². The highest BCUT2D eigenvalue weighted by Crippen LogP contribution is 2.59. The summed E-state index contributed by atoms with van der Waals surface area (Å²) in [5.41, 5.74) is -0.748. The van der Waals surface area contributed by atoms with Crippen molar-refractivity contribution < 1.29 is 28.6 Å². The maximum absolute atomic E-state index is 14.2. The highest BCUT2D eigenvalue weighted by molar-refractivity contribution is 6.30. The predicted molar refractivity (Wildman–Crippen MR) is 139 cm³/mol. The van der Waals surface area contributed by atoms with Crippen LogP contribution in [-0.2, 0) is 23.8 Å². The van der Waals surface area contributed by atoms with Crippen LogP contribution in [-0.4, -0.2) is 30.9 Å². The number of carbonyl (C=O) groups is 3. The summed E-state index contributed by atoms with van der Waals surface area (Å²) >= 11 is 12.2. The Labute approximate surface area is 225 Å². The normalized spacial score (nSPS) is 20.3. The summed E-state index contributed by atoms with van der Waals surface area (Å²) in [4.78, 5) is 42.0. The molecule has 37 heavy (non-hydrogen) atoms. The zero-order valence-electron chi connectivity index (χ0n) is 20.4. The van der Waals surface area contributed by atoms with Crippen LogP contribution in [0.1, 0.15) is 47.5 Å². The molecule has 3 atom stereocenters. The van der Waals surface area contributed by atoms with E-state index in [0.29, 0.717) is 26.7 Å². The Hall–Kier alpha value is -3.19. The summed E-state index contributed by atoms with van der Waals surface area (Å²) in [6.45, 7) is 3.25. The first kappa shape index (κ1) is 26.9. The molecule has 0 saturated carbocycles. The minimum absolute atomic E-state index is 0.00874. The molecule has 0 spiro atoms. The van der Waals surface area contributed by atoms with Crippen molar-refractivity contribution >= 4 is 40.9 Å². The van der Waals surface area contributed by atoms with Gasteiger partial charge < -0.3 is 14.2 Å². The Kier molecular flexibility index (Phi) is 8.32. The zero-order valence-corrected chi connectivity index (χ0v) is 21.9. The van der Waals surface area contributed by atoms with Crippen LogP contribution in [0, 0.1) is 11.3 Å². The van der Waals surface area contributed by atoms with Gasteiger partial charge in [0.25, 0.3) is 0 Å². The molecule has 0 unspecified atom stereocenters. The third kappa shape index (κ3) is 5.01. The SMILES string of the molecule is CCOC(=O)C1(C(=O)OCC)[C@H](C(=O)c2ccccc2)[C@@H](c2ccc(Cl)cc2)O[C@H]1c1ccc(Cl)cc1. The summed E-state index contributed by atoms with van der Waals surface area (Å²) in [5, 5.41) is 0.953. The standard InChI is InChI=1S/C29H26Cl2O6/c1-3-35-27(33)29(28(34)36-4-2)23(24(32)18-8-6-5-7-9-18)25(19-10-14-21(30)15-11-19)37-26(29)20-12-16-22(31)17-13-20/h5-17,23,25-26H,3-4H2,1-2H3/t23-,25-,26+/m1/s1. The van der Waals surface area contributed by atoms with Crippen LogP contribution in [0.15, 0.2) is 78.9 Å². The zero-order chi connectivity index (χ0) is 26.6. The molecule has 3 aromatic rings. The van der Waals surface area contributed by atoms with Gasteiger partial charge in [0.1, 0.15) is 6.10 Å².